The molecule has 0 bridgehead atoms. The molecule has 0 aromatic rings. The van der Waals surface area contributed by atoms with Gasteiger partial charge in [-0.1, -0.05) is 19.3 Å². The quantitative estimate of drug-likeness (QED) is 0.608. The van der Waals surface area contributed by atoms with E-state index < -0.39 is 6.16 Å². The predicted octanol–water partition coefficient (Wildman–Crippen LogP) is 3.21. The summed E-state index contributed by atoms with van der Waals surface area (Å²) in [6, 6.07) is 0.478. The molecule has 2 saturated heterocycles. The van der Waals surface area contributed by atoms with Crippen molar-refractivity contribution < 1.29 is 34.1 Å². The summed E-state index contributed by atoms with van der Waals surface area (Å²) in [6.45, 7) is 3.82. The number of carbonyl (C=O) groups is 3. The Kier molecular flexibility index (Phi) is 10.7. The number of nitrogens with zero attached hydrogens (tertiary/aromatic N) is 2. The molecule has 10 heteroatoms. The molecule has 31 heavy (non-hydrogen) atoms. The van der Waals surface area contributed by atoms with Crippen LogP contribution in [0.15, 0.2) is 0 Å². The maximum Gasteiger partial charge on any atom is 0.503 e. The van der Waals surface area contributed by atoms with Crippen LogP contribution >= 0.6 is 0 Å². The van der Waals surface area contributed by atoms with Crippen LogP contribution in [0, 0.1) is 5.92 Å². The molecule has 1 aliphatic carbocycles. The number of carbonyl (C=O) groups excluding carboxylic acids is 2. The second-order valence-electron chi connectivity index (χ2n) is 8.49. The third-order valence-corrected chi connectivity index (χ3v) is 6.28. The Morgan fingerprint density at radius 3 is 1.97 bits per heavy atom. The number of methoxy groups -OCH3 is 1. The van der Waals surface area contributed by atoms with Gasteiger partial charge in [0.05, 0.1) is 13.2 Å². The molecule has 0 aromatic heterocycles. The summed E-state index contributed by atoms with van der Waals surface area (Å²) >= 11 is 0. The topological polar surface area (TPSA) is 129 Å². The molecule has 2 aliphatic heterocycles. The molecule has 1 saturated carbocycles. The lowest BCUT2D eigenvalue weighted by Crippen LogP contribution is -2.49. The number of urea groups is 1. The van der Waals surface area contributed by atoms with Crippen LogP contribution in [-0.2, 0) is 9.47 Å². The lowest BCUT2D eigenvalue weighted by Gasteiger charge is -2.35. The number of hydrogen-bond acceptors (Lipinski definition) is 5. The highest BCUT2D eigenvalue weighted by molar-refractivity contribution is 5.74. The minimum Gasteiger partial charge on any atom is -0.453 e. The first-order valence-corrected chi connectivity index (χ1v) is 11.3. The molecule has 3 amide bonds. The first-order valence-electron chi connectivity index (χ1n) is 11.3. The summed E-state index contributed by atoms with van der Waals surface area (Å²) in [5.41, 5.74) is 0. The van der Waals surface area contributed by atoms with Crippen molar-refractivity contribution in [2.24, 2.45) is 5.92 Å². The number of nitrogens with one attached hydrogen (secondary N) is 1. The molecule has 0 radical (unpaired) electrons. The molecule has 3 fully saturated rings. The largest absolute Gasteiger partial charge is 0.503 e. The van der Waals surface area contributed by atoms with Crippen LogP contribution in [-0.4, -0.2) is 90.3 Å². The van der Waals surface area contributed by atoms with Gasteiger partial charge < -0.3 is 34.8 Å². The van der Waals surface area contributed by atoms with Crippen molar-refractivity contribution in [1.29, 1.82) is 0 Å². The number of hydrogen-bond donors (Lipinski definition) is 3. The number of likely N-dealkylation sites (tertiary alicyclic amines) is 2. The lowest BCUT2D eigenvalue weighted by molar-refractivity contribution is -0.0136. The monoisotopic (exact) mass is 443 g/mol. The maximum absolute atomic E-state index is 12.4. The van der Waals surface area contributed by atoms with Crippen LogP contribution in [0.3, 0.4) is 0 Å². The highest BCUT2D eigenvalue weighted by Gasteiger charge is 2.27. The van der Waals surface area contributed by atoms with Gasteiger partial charge in [0.2, 0.25) is 0 Å². The number of ether oxygens (including phenoxy) is 2. The second kappa shape index (κ2) is 13.2. The van der Waals surface area contributed by atoms with E-state index in [1.54, 1.807) is 4.90 Å². The molecular formula is C21H37N3O7. The van der Waals surface area contributed by atoms with Crippen molar-refractivity contribution in [3.05, 3.63) is 0 Å². The van der Waals surface area contributed by atoms with Crippen LogP contribution in [0.4, 0.5) is 14.4 Å². The Morgan fingerprint density at radius 2 is 1.42 bits per heavy atom. The van der Waals surface area contributed by atoms with Gasteiger partial charge >= 0.3 is 18.3 Å². The van der Waals surface area contributed by atoms with Crippen molar-refractivity contribution in [3.8, 4) is 0 Å². The van der Waals surface area contributed by atoms with Crippen molar-refractivity contribution in [2.45, 2.75) is 69.9 Å². The summed E-state index contributed by atoms with van der Waals surface area (Å²) in [5.74, 6) is 0.513. The first kappa shape index (κ1) is 25.0. The standard InChI is InChI=1S/C20H35N3O4.CH2O3/c1-26-20(25)23-11-7-16(8-12-23)15-27-18-9-13-22(14-10-18)19(24)21-17-5-3-2-4-6-17;2-1(3)4/h16-18H,2-15H2,1H3,(H,21,24);(H2,2,3,4). The molecule has 2 heterocycles. The van der Waals surface area contributed by atoms with Crippen molar-refractivity contribution in [3.63, 3.8) is 0 Å². The molecule has 178 valence electrons. The van der Waals surface area contributed by atoms with Gasteiger partial charge in [0.15, 0.2) is 0 Å². The molecule has 0 atom stereocenters. The molecule has 0 unspecified atom stereocenters. The van der Waals surface area contributed by atoms with Gasteiger partial charge in [0.25, 0.3) is 0 Å². The second-order valence-corrected chi connectivity index (χ2v) is 8.49. The number of rotatable bonds is 4. The van der Waals surface area contributed by atoms with Gasteiger partial charge in [-0.25, -0.2) is 14.4 Å². The molecular weight excluding hydrogens is 406 g/mol. The van der Waals surface area contributed by atoms with Gasteiger partial charge in [0, 0.05) is 38.8 Å². The van der Waals surface area contributed by atoms with Crippen LogP contribution in [0.2, 0.25) is 0 Å². The van der Waals surface area contributed by atoms with Gasteiger partial charge in [-0.2, -0.15) is 0 Å². The zero-order chi connectivity index (χ0) is 22.6. The summed E-state index contributed by atoms with van der Waals surface area (Å²) in [4.78, 5) is 36.2. The average Bonchev–Trinajstić information content (AvgIpc) is 2.78. The Balaban J connectivity index is 0.000000785. The van der Waals surface area contributed by atoms with E-state index in [1.807, 2.05) is 4.90 Å². The van der Waals surface area contributed by atoms with E-state index in [0.29, 0.717) is 12.0 Å². The van der Waals surface area contributed by atoms with Crippen LogP contribution in [0.25, 0.3) is 0 Å². The summed E-state index contributed by atoms with van der Waals surface area (Å²) in [5, 5.41) is 17.2. The average molecular weight is 444 g/mol. The summed E-state index contributed by atoms with van der Waals surface area (Å²) in [6.07, 6.45) is 7.99. The summed E-state index contributed by atoms with van der Waals surface area (Å²) in [7, 11) is 1.43. The minimum atomic E-state index is -1.83. The number of piperidine rings is 2. The van der Waals surface area contributed by atoms with Gasteiger partial charge in [-0.15, -0.1) is 0 Å². The predicted molar refractivity (Wildman–Crippen MR) is 113 cm³/mol. The van der Waals surface area contributed by atoms with Crippen LogP contribution < -0.4 is 5.32 Å². The number of carboxylic acid groups (broad SMARTS) is 2. The fourth-order valence-corrected chi connectivity index (χ4v) is 4.42. The zero-order valence-electron chi connectivity index (χ0n) is 18.5. The van der Waals surface area contributed by atoms with Gasteiger partial charge in [-0.05, 0) is 44.4 Å². The van der Waals surface area contributed by atoms with E-state index in [1.165, 1.54) is 26.4 Å². The van der Waals surface area contributed by atoms with E-state index in [4.69, 9.17) is 24.5 Å². The molecule has 3 aliphatic rings. The fourth-order valence-electron chi connectivity index (χ4n) is 4.42. The molecule has 3 rings (SSSR count). The van der Waals surface area contributed by atoms with Crippen molar-refractivity contribution in [2.75, 3.05) is 39.9 Å². The van der Waals surface area contributed by atoms with Gasteiger partial charge in [0.1, 0.15) is 0 Å². The normalized spacial score (nSPS) is 21.1. The molecule has 0 spiro atoms. The van der Waals surface area contributed by atoms with E-state index in [9.17, 15) is 9.59 Å². The third kappa shape index (κ3) is 9.20. The first-order chi connectivity index (χ1) is 14.9. The van der Waals surface area contributed by atoms with E-state index >= 15 is 0 Å². The van der Waals surface area contributed by atoms with Crippen molar-refractivity contribution >= 4 is 18.3 Å². The third-order valence-electron chi connectivity index (χ3n) is 6.28. The Hall–Kier alpha value is -2.23. The number of amides is 3. The molecule has 3 N–H and O–H groups in total. The van der Waals surface area contributed by atoms with Crippen molar-refractivity contribution in [1.82, 2.24) is 15.1 Å². The van der Waals surface area contributed by atoms with Crippen LogP contribution in [0.5, 0.6) is 0 Å². The highest BCUT2D eigenvalue weighted by Crippen LogP contribution is 2.22. The smallest absolute Gasteiger partial charge is 0.453 e. The van der Waals surface area contributed by atoms with Gasteiger partial charge in [-0.3, -0.25) is 0 Å². The van der Waals surface area contributed by atoms with E-state index in [-0.39, 0.29) is 18.2 Å². The maximum atomic E-state index is 12.4. The Labute approximate surface area is 183 Å². The summed E-state index contributed by atoms with van der Waals surface area (Å²) < 4.78 is 10.9. The zero-order valence-corrected chi connectivity index (χ0v) is 18.5. The minimum absolute atomic E-state index is 0.107. The molecule has 0 aromatic carbocycles. The highest BCUT2D eigenvalue weighted by atomic mass is 16.6. The SMILES string of the molecule is COC(=O)N1CCC(COC2CCN(C(=O)NC3CCCCC3)CC2)CC1.O=C(O)O. The lowest BCUT2D eigenvalue weighted by atomic mass is 9.95. The fraction of sp³-hybridized carbons (Fsp3) is 0.857. The van der Waals surface area contributed by atoms with E-state index in [0.717, 1.165) is 71.3 Å². The van der Waals surface area contributed by atoms with E-state index in [2.05, 4.69) is 5.32 Å². The Bertz CT molecular complexity index is 563. The van der Waals surface area contributed by atoms with Crippen LogP contribution in [0.1, 0.15) is 57.8 Å². The Morgan fingerprint density at radius 1 is 0.871 bits per heavy atom. The molecule has 10 nitrogen and oxygen atoms in total.